The number of hydrogen-bond acceptors (Lipinski definition) is 3. The SMILES string of the molecule is CCOC(=O)C(=O)C=C(C)C. The molecule has 0 rings (SSSR count). The van der Waals surface area contributed by atoms with E-state index in [1.54, 1.807) is 20.8 Å². The summed E-state index contributed by atoms with van der Waals surface area (Å²) < 4.78 is 4.47. The summed E-state index contributed by atoms with van der Waals surface area (Å²) in [5.41, 5.74) is 0.794. The van der Waals surface area contributed by atoms with Crippen LogP contribution in [0.4, 0.5) is 0 Å². The maximum atomic E-state index is 10.8. The molecule has 0 atom stereocenters. The summed E-state index contributed by atoms with van der Waals surface area (Å²) in [7, 11) is 0. The number of ether oxygens (including phenoxy) is 1. The molecule has 62 valence electrons. The zero-order chi connectivity index (χ0) is 8.85. The molecule has 0 saturated carbocycles. The first-order valence-corrected chi connectivity index (χ1v) is 3.44. The van der Waals surface area contributed by atoms with Gasteiger partial charge in [0.05, 0.1) is 6.61 Å². The average Bonchev–Trinajstić information content (AvgIpc) is 1.86. The molecule has 0 aliphatic heterocycles. The molecule has 0 aliphatic carbocycles. The van der Waals surface area contributed by atoms with Crippen molar-refractivity contribution in [2.75, 3.05) is 6.61 Å². The minimum Gasteiger partial charge on any atom is -0.460 e. The Balaban J connectivity index is 4.05. The highest BCUT2D eigenvalue weighted by Gasteiger charge is 2.10. The maximum Gasteiger partial charge on any atom is 0.379 e. The highest BCUT2D eigenvalue weighted by molar-refractivity contribution is 6.38. The van der Waals surface area contributed by atoms with Crippen LogP contribution in [0.25, 0.3) is 0 Å². The van der Waals surface area contributed by atoms with Gasteiger partial charge in [0, 0.05) is 0 Å². The highest BCUT2D eigenvalue weighted by atomic mass is 16.5. The summed E-state index contributed by atoms with van der Waals surface area (Å²) in [5, 5.41) is 0. The van der Waals surface area contributed by atoms with Crippen molar-refractivity contribution in [1.82, 2.24) is 0 Å². The lowest BCUT2D eigenvalue weighted by molar-refractivity contribution is -0.151. The van der Waals surface area contributed by atoms with Crippen LogP contribution in [0, 0.1) is 0 Å². The van der Waals surface area contributed by atoms with E-state index in [0.717, 1.165) is 5.57 Å². The highest BCUT2D eigenvalue weighted by Crippen LogP contribution is 1.91. The summed E-state index contributed by atoms with van der Waals surface area (Å²) in [6, 6.07) is 0. The van der Waals surface area contributed by atoms with E-state index in [2.05, 4.69) is 4.74 Å². The van der Waals surface area contributed by atoms with Crippen molar-refractivity contribution in [2.45, 2.75) is 20.8 Å². The molecule has 0 fully saturated rings. The minimum absolute atomic E-state index is 0.237. The zero-order valence-electron chi connectivity index (χ0n) is 7.01. The van der Waals surface area contributed by atoms with Gasteiger partial charge in [-0.2, -0.15) is 0 Å². The molecule has 0 spiro atoms. The number of allylic oxidation sites excluding steroid dienone is 1. The standard InChI is InChI=1S/C8H12O3/c1-4-11-8(10)7(9)5-6(2)3/h5H,4H2,1-3H3. The zero-order valence-corrected chi connectivity index (χ0v) is 7.01. The van der Waals surface area contributed by atoms with E-state index in [-0.39, 0.29) is 6.61 Å². The van der Waals surface area contributed by atoms with Crippen LogP contribution in [-0.4, -0.2) is 18.4 Å². The van der Waals surface area contributed by atoms with Gasteiger partial charge in [-0.1, -0.05) is 5.57 Å². The fourth-order valence-corrected chi connectivity index (χ4v) is 0.523. The van der Waals surface area contributed by atoms with Crippen LogP contribution in [0.5, 0.6) is 0 Å². The maximum absolute atomic E-state index is 10.8. The second-order valence-electron chi connectivity index (χ2n) is 2.31. The lowest BCUT2D eigenvalue weighted by Gasteiger charge is -1.95. The van der Waals surface area contributed by atoms with E-state index >= 15 is 0 Å². The van der Waals surface area contributed by atoms with Crippen LogP contribution in [0.3, 0.4) is 0 Å². The molecule has 3 nitrogen and oxygen atoms in total. The minimum atomic E-state index is -0.784. The molecule has 0 amide bonds. The summed E-state index contributed by atoms with van der Waals surface area (Å²) in [6.07, 6.45) is 1.26. The Kier molecular flexibility index (Phi) is 4.18. The van der Waals surface area contributed by atoms with Gasteiger partial charge < -0.3 is 4.74 Å². The molecule has 0 saturated heterocycles. The van der Waals surface area contributed by atoms with Crippen molar-refractivity contribution < 1.29 is 14.3 Å². The molecule has 0 radical (unpaired) electrons. The van der Waals surface area contributed by atoms with Gasteiger partial charge in [-0.05, 0) is 26.8 Å². The Bertz CT molecular complexity index is 188. The number of hydrogen-bond donors (Lipinski definition) is 0. The van der Waals surface area contributed by atoms with E-state index in [4.69, 9.17) is 0 Å². The van der Waals surface area contributed by atoms with Crippen LogP contribution in [0.1, 0.15) is 20.8 Å². The lowest BCUT2D eigenvalue weighted by atomic mass is 10.2. The summed E-state index contributed by atoms with van der Waals surface area (Å²) >= 11 is 0. The van der Waals surface area contributed by atoms with Gasteiger partial charge in [-0.15, -0.1) is 0 Å². The molecule has 0 unspecified atom stereocenters. The first-order chi connectivity index (χ1) is 5.07. The van der Waals surface area contributed by atoms with Crippen molar-refractivity contribution >= 4 is 11.8 Å². The Hall–Kier alpha value is -1.12. The quantitative estimate of drug-likeness (QED) is 0.349. The molecule has 0 N–H and O–H groups in total. The fourth-order valence-electron chi connectivity index (χ4n) is 0.523. The topological polar surface area (TPSA) is 43.4 Å². The monoisotopic (exact) mass is 156 g/mol. The third-order valence-electron chi connectivity index (χ3n) is 0.896. The number of esters is 1. The lowest BCUT2D eigenvalue weighted by Crippen LogP contribution is -2.14. The molecule has 0 aromatic rings. The van der Waals surface area contributed by atoms with Gasteiger partial charge in [-0.3, -0.25) is 4.79 Å². The van der Waals surface area contributed by atoms with Crippen LogP contribution in [0.15, 0.2) is 11.6 Å². The van der Waals surface area contributed by atoms with E-state index in [0.29, 0.717) is 0 Å². The van der Waals surface area contributed by atoms with Gasteiger partial charge in [-0.25, -0.2) is 4.79 Å². The largest absolute Gasteiger partial charge is 0.460 e. The van der Waals surface area contributed by atoms with E-state index in [9.17, 15) is 9.59 Å². The summed E-state index contributed by atoms with van der Waals surface area (Å²) in [6.45, 7) is 5.39. The Morgan fingerprint density at radius 3 is 2.27 bits per heavy atom. The van der Waals surface area contributed by atoms with Crippen molar-refractivity contribution in [3.63, 3.8) is 0 Å². The Morgan fingerprint density at radius 1 is 1.36 bits per heavy atom. The molecule has 0 bridgehead atoms. The first-order valence-electron chi connectivity index (χ1n) is 3.44. The van der Waals surface area contributed by atoms with Gasteiger partial charge in [0.25, 0.3) is 5.78 Å². The Morgan fingerprint density at radius 2 is 1.91 bits per heavy atom. The van der Waals surface area contributed by atoms with Crippen LogP contribution in [0.2, 0.25) is 0 Å². The smallest absolute Gasteiger partial charge is 0.379 e. The summed E-state index contributed by atoms with van der Waals surface area (Å²) in [4.78, 5) is 21.5. The molecular weight excluding hydrogens is 144 g/mol. The molecular formula is C8H12O3. The average molecular weight is 156 g/mol. The molecule has 0 aliphatic rings. The third-order valence-corrected chi connectivity index (χ3v) is 0.896. The molecule has 3 heteroatoms. The predicted octanol–water partition coefficient (Wildman–Crippen LogP) is 1.08. The van der Waals surface area contributed by atoms with Crippen LogP contribution >= 0.6 is 0 Å². The molecule has 0 aromatic carbocycles. The van der Waals surface area contributed by atoms with Gasteiger partial charge >= 0.3 is 5.97 Å². The first kappa shape index (κ1) is 9.88. The van der Waals surface area contributed by atoms with Crippen molar-refractivity contribution in [3.8, 4) is 0 Å². The van der Waals surface area contributed by atoms with Gasteiger partial charge in [0.1, 0.15) is 0 Å². The Labute approximate surface area is 66.0 Å². The third kappa shape index (κ3) is 4.31. The van der Waals surface area contributed by atoms with Crippen LogP contribution < -0.4 is 0 Å². The van der Waals surface area contributed by atoms with Crippen LogP contribution in [-0.2, 0) is 14.3 Å². The van der Waals surface area contributed by atoms with Gasteiger partial charge in [0.2, 0.25) is 0 Å². The molecule has 0 heterocycles. The fraction of sp³-hybridized carbons (Fsp3) is 0.500. The van der Waals surface area contributed by atoms with E-state index < -0.39 is 11.8 Å². The van der Waals surface area contributed by atoms with Crippen molar-refractivity contribution in [1.29, 1.82) is 0 Å². The van der Waals surface area contributed by atoms with Crippen molar-refractivity contribution in [3.05, 3.63) is 11.6 Å². The number of ketones is 1. The number of carbonyl (C=O) groups is 2. The van der Waals surface area contributed by atoms with Gasteiger partial charge in [0.15, 0.2) is 0 Å². The van der Waals surface area contributed by atoms with E-state index in [1.165, 1.54) is 6.08 Å². The normalized spacial score (nSPS) is 8.64. The predicted molar refractivity (Wildman–Crippen MR) is 41.1 cm³/mol. The second-order valence-corrected chi connectivity index (χ2v) is 2.31. The summed E-state index contributed by atoms with van der Waals surface area (Å²) in [5.74, 6) is -1.37. The number of carbonyl (C=O) groups excluding carboxylic acids is 2. The van der Waals surface area contributed by atoms with Crippen molar-refractivity contribution in [2.24, 2.45) is 0 Å². The van der Waals surface area contributed by atoms with E-state index in [1.807, 2.05) is 0 Å². The molecule has 11 heavy (non-hydrogen) atoms. The second kappa shape index (κ2) is 4.66. The molecule has 0 aromatic heterocycles. The number of rotatable bonds is 3.